The molecule has 2 rings (SSSR count). The molecule has 6 nitrogen and oxygen atoms in total. The minimum atomic E-state index is -3.80. The number of nitrogens with one attached hydrogen (secondary N) is 1. The van der Waals surface area contributed by atoms with Crippen LogP contribution in [-0.4, -0.2) is 39.8 Å². The van der Waals surface area contributed by atoms with E-state index in [2.05, 4.69) is 5.32 Å². The number of nitrogens with zero attached hydrogens (tertiary/aromatic N) is 1. The molecule has 9 heteroatoms. The van der Waals surface area contributed by atoms with Crippen LogP contribution in [0.2, 0.25) is 5.02 Å². The van der Waals surface area contributed by atoms with Gasteiger partial charge in [-0.1, -0.05) is 17.7 Å². The van der Waals surface area contributed by atoms with Gasteiger partial charge in [-0.2, -0.15) is 0 Å². The Bertz CT molecular complexity index is 896. The number of carbonyl (C=O) groups excluding carboxylic acids is 1. The molecule has 0 atom stereocenters. The minimum absolute atomic E-state index is 0.0489. The molecular weight excluding hydrogens is 371 g/mol. The Labute approximate surface area is 150 Å². The molecule has 0 fully saturated rings. The lowest BCUT2D eigenvalue weighted by Crippen LogP contribution is -2.23. The van der Waals surface area contributed by atoms with Crippen molar-refractivity contribution in [3.05, 3.63) is 52.8 Å². The lowest BCUT2D eigenvalue weighted by molar-refractivity contribution is 0.102. The fraction of sp³-hybridized carbons (Fsp3) is 0.188. The van der Waals surface area contributed by atoms with E-state index in [1.807, 2.05) is 0 Å². The van der Waals surface area contributed by atoms with Gasteiger partial charge in [0, 0.05) is 19.8 Å². The van der Waals surface area contributed by atoms with E-state index in [9.17, 15) is 17.6 Å². The number of halogens is 2. The predicted octanol–water partition coefficient (Wildman–Crippen LogP) is 2.99. The zero-order valence-electron chi connectivity index (χ0n) is 13.7. The molecule has 0 heterocycles. The van der Waals surface area contributed by atoms with Crippen molar-refractivity contribution in [2.75, 3.05) is 26.5 Å². The number of methoxy groups -OCH3 is 1. The predicted molar refractivity (Wildman–Crippen MR) is 93.2 cm³/mol. The van der Waals surface area contributed by atoms with Gasteiger partial charge < -0.3 is 10.1 Å². The fourth-order valence-electron chi connectivity index (χ4n) is 2.06. The first-order valence-corrected chi connectivity index (χ1v) is 8.86. The standard InChI is InChI=1S/C16H16ClFN2O4S/c1-20(2)25(22,23)14-9-10(7-8-13(14)24-3)19-16(21)15-11(17)5-4-6-12(15)18/h4-9H,1-3H3,(H,19,21). The topological polar surface area (TPSA) is 75.7 Å². The molecule has 0 saturated carbocycles. The molecule has 134 valence electrons. The lowest BCUT2D eigenvalue weighted by Gasteiger charge is -2.16. The summed E-state index contributed by atoms with van der Waals surface area (Å²) < 4.78 is 44.7. The lowest BCUT2D eigenvalue weighted by atomic mass is 10.2. The van der Waals surface area contributed by atoms with E-state index >= 15 is 0 Å². The minimum Gasteiger partial charge on any atom is -0.495 e. The van der Waals surface area contributed by atoms with Crippen LogP contribution in [0.4, 0.5) is 10.1 Å². The molecule has 2 aromatic carbocycles. The third-order valence-corrected chi connectivity index (χ3v) is 5.52. The second kappa shape index (κ2) is 7.38. The maximum absolute atomic E-state index is 13.8. The highest BCUT2D eigenvalue weighted by Crippen LogP contribution is 2.29. The van der Waals surface area contributed by atoms with Crippen molar-refractivity contribution in [1.29, 1.82) is 0 Å². The van der Waals surface area contributed by atoms with E-state index in [-0.39, 0.29) is 26.9 Å². The summed E-state index contributed by atoms with van der Waals surface area (Å²) in [6.07, 6.45) is 0. The van der Waals surface area contributed by atoms with E-state index in [4.69, 9.17) is 16.3 Å². The first-order chi connectivity index (χ1) is 11.7. The maximum Gasteiger partial charge on any atom is 0.260 e. The summed E-state index contributed by atoms with van der Waals surface area (Å²) in [5, 5.41) is 2.39. The molecule has 0 aliphatic carbocycles. The highest BCUT2D eigenvalue weighted by atomic mass is 35.5. The average molecular weight is 387 g/mol. The highest BCUT2D eigenvalue weighted by molar-refractivity contribution is 7.89. The molecule has 0 unspecified atom stereocenters. The number of sulfonamides is 1. The summed E-state index contributed by atoms with van der Waals surface area (Å²) in [5.41, 5.74) is -0.164. The molecule has 0 radical (unpaired) electrons. The van der Waals surface area contributed by atoms with Crippen LogP contribution < -0.4 is 10.1 Å². The molecular formula is C16H16ClFN2O4S. The van der Waals surface area contributed by atoms with Gasteiger partial charge in [-0.3, -0.25) is 4.79 Å². The Morgan fingerprint density at radius 2 is 1.92 bits per heavy atom. The average Bonchev–Trinajstić information content (AvgIpc) is 2.54. The van der Waals surface area contributed by atoms with Gasteiger partial charge in [0.15, 0.2) is 0 Å². The van der Waals surface area contributed by atoms with E-state index < -0.39 is 21.7 Å². The van der Waals surface area contributed by atoms with Gasteiger partial charge in [0.1, 0.15) is 16.5 Å². The number of hydrogen-bond donors (Lipinski definition) is 1. The van der Waals surface area contributed by atoms with Crippen molar-refractivity contribution in [1.82, 2.24) is 4.31 Å². The van der Waals surface area contributed by atoms with Gasteiger partial charge in [0.05, 0.1) is 17.7 Å². The number of ether oxygens (including phenoxy) is 1. The molecule has 25 heavy (non-hydrogen) atoms. The van der Waals surface area contributed by atoms with Crippen LogP contribution in [0.5, 0.6) is 5.75 Å². The third kappa shape index (κ3) is 3.92. The van der Waals surface area contributed by atoms with Crippen LogP contribution >= 0.6 is 11.6 Å². The monoisotopic (exact) mass is 386 g/mol. The molecule has 1 N–H and O–H groups in total. The molecule has 0 aliphatic heterocycles. The van der Waals surface area contributed by atoms with Crippen LogP contribution in [0, 0.1) is 5.82 Å². The number of benzene rings is 2. The summed E-state index contributed by atoms with van der Waals surface area (Å²) in [6, 6.07) is 7.95. The Balaban J connectivity index is 2.43. The SMILES string of the molecule is COc1ccc(NC(=O)c2c(F)cccc2Cl)cc1S(=O)(=O)N(C)C. The van der Waals surface area contributed by atoms with E-state index in [0.29, 0.717) is 0 Å². The van der Waals surface area contributed by atoms with Crippen molar-refractivity contribution >= 4 is 33.2 Å². The highest BCUT2D eigenvalue weighted by Gasteiger charge is 2.23. The number of amides is 1. The second-order valence-electron chi connectivity index (χ2n) is 5.20. The first kappa shape index (κ1) is 19.2. The molecule has 0 aliphatic rings. The van der Waals surface area contributed by atoms with Gasteiger partial charge in [-0.05, 0) is 30.3 Å². The molecule has 0 saturated heterocycles. The number of carbonyl (C=O) groups is 1. The van der Waals surface area contributed by atoms with Crippen molar-refractivity contribution in [3.63, 3.8) is 0 Å². The van der Waals surface area contributed by atoms with Crippen LogP contribution in [0.25, 0.3) is 0 Å². The first-order valence-electron chi connectivity index (χ1n) is 7.04. The van der Waals surface area contributed by atoms with Gasteiger partial charge in [-0.25, -0.2) is 17.1 Å². The largest absolute Gasteiger partial charge is 0.495 e. The molecule has 2 aromatic rings. The normalized spacial score (nSPS) is 11.4. The van der Waals surface area contributed by atoms with Gasteiger partial charge >= 0.3 is 0 Å². The molecule has 1 amide bonds. The molecule has 0 bridgehead atoms. The fourth-order valence-corrected chi connectivity index (χ4v) is 3.38. The quantitative estimate of drug-likeness (QED) is 0.857. The van der Waals surface area contributed by atoms with Crippen LogP contribution in [0.15, 0.2) is 41.3 Å². The van der Waals surface area contributed by atoms with E-state index in [0.717, 1.165) is 10.4 Å². The summed E-state index contributed by atoms with van der Waals surface area (Å²) in [5.74, 6) is -1.45. The van der Waals surface area contributed by atoms with Crippen molar-refractivity contribution in [2.24, 2.45) is 0 Å². The molecule has 0 spiro atoms. The number of hydrogen-bond acceptors (Lipinski definition) is 4. The number of rotatable bonds is 5. The summed E-state index contributed by atoms with van der Waals surface area (Å²) in [6.45, 7) is 0. The van der Waals surface area contributed by atoms with Crippen molar-refractivity contribution in [2.45, 2.75) is 4.90 Å². The Morgan fingerprint density at radius 1 is 1.24 bits per heavy atom. The van der Waals surface area contributed by atoms with Crippen LogP contribution in [0.1, 0.15) is 10.4 Å². The van der Waals surface area contributed by atoms with Crippen molar-refractivity contribution < 1.29 is 22.3 Å². The zero-order chi connectivity index (χ0) is 18.8. The Hall–Kier alpha value is -2.16. The Morgan fingerprint density at radius 3 is 2.48 bits per heavy atom. The molecule has 0 aromatic heterocycles. The van der Waals surface area contributed by atoms with E-state index in [1.165, 1.54) is 51.5 Å². The summed E-state index contributed by atoms with van der Waals surface area (Å²) in [7, 11) is 0.281. The second-order valence-corrected chi connectivity index (χ2v) is 7.73. The smallest absolute Gasteiger partial charge is 0.260 e. The van der Waals surface area contributed by atoms with Gasteiger partial charge in [0.2, 0.25) is 10.0 Å². The van der Waals surface area contributed by atoms with Crippen molar-refractivity contribution in [3.8, 4) is 5.75 Å². The van der Waals surface area contributed by atoms with Crippen LogP contribution in [-0.2, 0) is 10.0 Å². The number of anilines is 1. The van der Waals surface area contributed by atoms with Gasteiger partial charge in [-0.15, -0.1) is 0 Å². The zero-order valence-corrected chi connectivity index (χ0v) is 15.3. The maximum atomic E-state index is 13.8. The van der Waals surface area contributed by atoms with Gasteiger partial charge in [0.25, 0.3) is 5.91 Å². The third-order valence-electron chi connectivity index (χ3n) is 3.37. The summed E-state index contributed by atoms with van der Waals surface area (Å²) in [4.78, 5) is 12.2. The van der Waals surface area contributed by atoms with E-state index in [1.54, 1.807) is 0 Å². The Kier molecular flexibility index (Phi) is 5.66. The summed E-state index contributed by atoms with van der Waals surface area (Å²) >= 11 is 5.86. The van der Waals surface area contributed by atoms with Crippen LogP contribution in [0.3, 0.4) is 0 Å².